The maximum Gasteiger partial charge on any atom is -0.0316 e. The lowest BCUT2D eigenvalue weighted by Gasteiger charge is -1.98. The van der Waals surface area contributed by atoms with Crippen molar-refractivity contribution in [3.63, 3.8) is 0 Å². The van der Waals surface area contributed by atoms with Crippen molar-refractivity contribution >= 4 is 0 Å². The molecule has 0 aromatic rings. The van der Waals surface area contributed by atoms with Gasteiger partial charge in [-0.25, -0.2) is 0 Å². The third-order valence-corrected chi connectivity index (χ3v) is 4.65. The summed E-state index contributed by atoms with van der Waals surface area (Å²) in [6.07, 6.45) is 40.0. The van der Waals surface area contributed by atoms with Crippen LogP contribution in [-0.4, -0.2) is 0 Å². The van der Waals surface area contributed by atoms with Gasteiger partial charge < -0.3 is 0 Å². The van der Waals surface area contributed by atoms with E-state index in [-0.39, 0.29) is 0 Å². The third kappa shape index (κ3) is 15.8. The molecule has 0 heteroatoms. The van der Waals surface area contributed by atoms with E-state index in [2.05, 4.69) is 48.6 Å². The molecule has 24 heavy (non-hydrogen) atoms. The van der Waals surface area contributed by atoms with Crippen LogP contribution in [0.2, 0.25) is 0 Å². The Bertz CT molecular complexity index is 284. The zero-order chi connectivity index (χ0) is 17.0. The average molecular weight is 329 g/mol. The van der Waals surface area contributed by atoms with Gasteiger partial charge >= 0.3 is 0 Å². The smallest absolute Gasteiger partial charge is 0.0316 e. The Kier molecular flexibility index (Phi) is 16.0. The minimum atomic E-state index is 1.22. The second kappa shape index (κ2) is 18.3. The van der Waals surface area contributed by atoms with Crippen molar-refractivity contribution in [2.24, 2.45) is 0 Å². The summed E-state index contributed by atoms with van der Waals surface area (Å²) >= 11 is 0. The molecule has 0 amide bonds. The SMILES string of the molecule is C1=CCCCCCCC=CCCC=CCCCCCCC=CCC1. The molecule has 0 fully saturated rings. The molecule has 136 valence electrons. The molecule has 0 N–H and O–H groups in total. The summed E-state index contributed by atoms with van der Waals surface area (Å²) in [7, 11) is 0. The quantitative estimate of drug-likeness (QED) is 0.391. The highest BCUT2D eigenvalue weighted by molar-refractivity contribution is 4.89. The fraction of sp³-hybridized carbons (Fsp3) is 0.667. The first-order chi connectivity index (χ1) is 12.0. The predicted molar refractivity (Wildman–Crippen MR) is 110 cm³/mol. The van der Waals surface area contributed by atoms with E-state index in [0.717, 1.165) is 0 Å². The van der Waals surface area contributed by atoms with E-state index in [1.807, 2.05) is 0 Å². The van der Waals surface area contributed by atoms with Crippen molar-refractivity contribution in [3.05, 3.63) is 48.6 Å². The van der Waals surface area contributed by atoms with Crippen molar-refractivity contribution in [1.82, 2.24) is 0 Å². The highest BCUT2D eigenvalue weighted by Crippen LogP contribution is 2.09. The lowest BCUT2D eigenvalue weighted by Crippen LogP contribution is -1.78. The second-order valence-electron chi connectivity index (χ2n) is 7.02. The molecule has 1 aliphatic carbocycles. The lowest BCUT2D eigenvalue weighted by atomic mass is 10.1. The van der Waals surface area contributed by atoms with Crippen molar-refractivity contribution in [2.45, 2.75) is 103 Å². The molecule has 0 unspecified atom stereocenters. The number of allylic oxidation sites excluding steroid dienone is 8. The van der Waals surface area contributed by atoms with Gasteiger partial charge in [-0.3, -0.25) is 0 Å². The van der Waals surface area contributed by atoms with Gasteiger partial charge in [-0.1, -0.05) is 74.3 Å². The van der Waals surface area contributed by atoms with Crippen molar-refractivity contribution in [3.8, 4) is 0 Å². The molecule has 0 aromatic heterocycles. The highest BCUT2D eigenvalue weighted by Gasteiger charge is 1.89. The first kappa shape index (κ1) is 21.0. The van der Waals surface area contributed by atoms with Crippen LogP contribution < -0.4 is 0 Å². The average Bonchev–Trinajstić information content (AvgIpc) is 2.59. The van der Waals surface area contributed by atoms with E-state index in [0.29, 0.717) is 0 Å². The molecule has 0 aromatic carbocycles. The molecule has 0 bridgehead atoms. The number of hydrogen-bond donors (Lipinski definition) is 0. The Balaban J connectivity index is 2.18. The van der Waals surface area contributed by atoms with Gasteiger partial charge in [0.2, 0.25) is 0 Å². The van der Waals surface area contributed by atoms with Gasteiger partial charge in [0.15, 0.2) is 0 Å². The van der Waals surface area contributed by atoms with E-state index in [1.54, 1.807) is 0 Å². The van der Waals surface area contributed by atoms with Crippen LogP contribution in [0, 0.1) is 0 Å². The molecule has 0 aliphatic heterocycles. The molecule has 0 radical (unpaired) electrons. The van der Waals surface area contributed by atoms with Crippen LogP contribution in [0.25, 0.3) is 0 Å². The second-order valence-corrected chi connectivity index (χ2v) is 7.02. The first-order valence-corrected chi connectivity index (χ1v) is 10.6. The van der Waals surface area contributed by atoms with Gasteiger partial charge in [-0.15, -0.1) is 0 Å². The standard InChI is InChI=1S/C24H40/c1-2-4-6-8-10-12-14-16-18-20-22-24-23-21-19-17-15-13-11-9-7-5-3-1/h1-2,7,9,16,18,23-24H,3-6,8,10-15,17,19-22H2. The summed E-state index contributed by atoms with van der Waals surface area (Å²) in [5, 5.41) is 0. The van der Waals surface area contributed by atoms with Gasteiger partial charge in [0.1, 0.15) is 0 Å². The maximum atomic E-state index is 2.39. The van der Waals surface area contributed by atoms with Gasteiger partial charge in [-0.05, 0) is 77.0 Å². The minimum absolute atomic E-state index is 1.22. The van der Waals surface area contributed by atoms with Crippen LogP contribution in [0.5, 0.6) is 0 Å². The van der Waals surface area contributed by atoms with Crippen LogP contribution in [0.3, 0.4) is 0 Å². The molecular weight excluding hydrogens is 288 g/mol. The van der Waals surface area contributed by atoms with Crippen molar-refractivity contribution in [2.75, 3.05) is 0 Å². The van der Waals surface area contributed by atoms with E-state index < -0.39 is 0 Å². The molecule has 0 spiro atoms. The summed E-state index contributed by atoms with van der Waals surface area (Å²) in [5.74, 6) is 0. The number of hydrogen-bond acceptors (Lipinski definition) is 0. The van der Waals surface area contributed by atoms with Crippen LogP contribution in [0.15, 0.2) is 48.6 Å². The number of rotatable bonds is 0. The Morgan fingerprint density at radius 1 is 0.208 bits per heavy atom. The van der Waals surface area contributed by atoms with E-state index in [9.17, 15) is 0 Å². The van der Waals surface area contributed by atoms with Crippen LogP contribution in [-0.2, 0) is 0 Å². The van der Waals surface area contributed by atoms with E-state index >= 15 is 0 Å². The Labute approximate surface area is 151 Å². The summed E-state index contributed by atoms with van der Waals surface area (Å²) in [5.41, 5.74) is 0. The molecule has 0 nitrogen and oxygen atoms in total. The third-order valence-electron chi connectivity index (χ3n) is 4.65. The largest absolute Gasteiger partial charge is 0.0885 e. The molecule has 1 aliphatic rings. The van der Waals surface area contributed by atoms with Crippen molar-refractivity contribution < 1.29 is 0 Å². The van der Waals surface area contributed by atoms with Crippen LogP contribution in [0.4, 0.5) is 0 Å². The molecule has 0 saturated heterocycles. The lowest BCUT2D eigenvalue weighted by molar-refractivity contribution is 0.650. The fourth-order valence-corrected chi connectivity index (χ4v) is 3.08. The van der Waals surface area contributed by atoms with E-state index in [1.165, 1.54) is 103 Å². The highest BCUT2D eigenvalue weighted by atomic mass is 14.0. The van der Waals surface area contributed by atoms with Gasteiger partial charge in [0, 0.05) is 0 Å². The maximum absolute atomic E-state index is 2.39. The Hall–Kier alpha value is -1.04. The zero-order valence-electron chi connectivity index (χ0n) is 15.9. The molecular formula is C24H40. The van der Waals surface area contributed by atoms with Gasteiger partial charge in [0.25, 0.3) is 0 Å². The Morgan fingerprint density at radius 3 is 0.667 bits per heavy atom. The zero-order valence-corrected chi connectivity index (χ0v) is 15.9. The molecule has 1 rings (SSSR count). The predicted octanol–water partition coefficient (Wildman–Crippen LogP) is 8.47. The van der Waals surface area contributed by atoms with E-state index in [4.69, 9.17) is 0 Å². The monoisotopic (exact) mass is 328 g/mol. The fourth-order valence-electron chi connectivity index (χ4n) is 3.08. The molecule has 0 heterocycles. The summed E-state index contributed by atoms with van der Waals surface area (Å²) in [4.78, 5) is 0. The Morgan fingerprint density at radius 2 is 0.417 bits per heavy atom. The summed E-state index contributed by atoms with van der Waals surface area (Å²) in [6.45, 7) is 0. The first-order valence-electron chi connectivity index (χ1n) is 10.6. The normalized spacial score (nSPS) is 21.3. The van der Waals surface area contributed by atoms with Gasteiger partial charge in [-0.2, -0.15) is 0 Å². The minimum Gasteiger partial charge on any atom is -0.0885 e. The van der Waals surface area contributed by atoms with Crippen LogP contribution >= 0.6 is 0 Å². The molecule has 0 atom stereocenters. The van der Waals surface area contributed by atoms with Crippen molar-refractivity contribution in [1.29, 1.82) is 0 Å². The molecule has 0 saturated carbocycles. The van der Waals surface area contributed by atoms with Crippen LogP contribution in [0.1, 0.15) is 103 Å². The van der Waals surface area contributed by atoms with Gasteiger partial charge in [0.05, 0.1) is 0 Å². The summed E-state index contributed by atoms with van der Waals surface area (Å²) < 4.78 is 0. The summed E-state index contributed by atoms with van der Waals surface area (Å²) in [6, 6.07) is 0. The topological polar surface area (TPSA) is 0 Å².